The summed E-state index contributed by atoms with van der Waals surface area (Å²) in [7, 11) is 0. The third kappa shape index (κ3) is 4.89. The average Bonchev–Trinajstić information content (AvgIpc) is 2.44. The van der Waals surface area contributed by atoms with Gasteiger partial charge in [-0.15, -0.1) is 0 Å². The Morgan fingerprint density at radius 3 is 1.92 bits per heavy atom. The number of aliphatic carboxylic acids is 1. The minimum Gasteiger partial charge on any atom is -0.480 e. The lowest BCUT2D eigenvalue weighted by Crippen LogP contribution is -2.47. The fourth-order valence-electron chi connectivity index (χ4n) is 1.66. The van der Waals surface area contributed by atoms with Crippen LogP contribution in [0.5, 0.6) is 0 Å². The fourth-order valence-corrected chi connectivity index (χ4v) is 1.66. The van der Waals surface area contributed by atoms with E-state index in [1.165, 1.54) is 5.32 Å². The molecule has 1 amide bonds. The summed E-state index contributed by atoms with van der Waals surface area (Å²) in [6.07, 6.45) is -6.15. The standard InChI is InChI=1S/C11H8F3N3O7/c12-11(13,14)10(20)15-8(9(18)19)3-5-1-6(16(21)22)4-7(2-5)17(23)24/h1-2,4,8H,3H2,(H,15,20)(H,18,19). The first-order valence-corrected chi connectivity index (χ1v) is 5.95. The lowest BCUT2D eigenvalue weighted by molar-refractivity contribution is -0.394. The summed E-state index contributed by atoms with van der Waals surface area (Å²) in [5.74, 6) is -4.36. The molecule has 1 unspecified atom stereocenters. The van der Waals surface area contributed by atoms with Gasteiger partial charge in [0.2, 0.25) is 0 Å². The molecule has 2 N–H and O–H groups in total. The van der Waals surface area contributed by atoms with Crippen molar-refractivity contribution >= 4 is 23.3 Å². The average molecular weight is 351 g/mol. The van der Waals surface area contributed by atoms with E-state index in [9.17, 15) is 43.0 Å². The maximum absolute atomic E-state index is 12.2. The Bertz CT molecular complexity index is 672. The molecule has 0 radical (unpaired) electrons. The number of carboxylic acids is 1. The predicted molar refractivity (Wildman–Crippen MR) is 69.1 cm³/mol. The quantitative estimate of drug-likeness (QED) is 0.576. The van der Waals surface area contributed by atoms with Crippen LogP contribution in [0.2, 0.25) is 0 Å². The van der Waals surface area contributed by atoms with Gasteiger partial charge in [-0.3, -0.25) is 25.0 Å². The molecule has 130 valence electrons. The van der Waals surface area contributed by atoms with Gasteiger partial charge in [0.25, 0.3) is 11.4 Å². The number of hydrogen-bond acceptors (Lipinski definition) is 6. The van der Waals surface area contributed by atoms with Crippen LogP contribution in [-0.2, 0) is 16.0 Å². The van der Waals surface area contributed by atoms with Crippen molar-refractivity contribution in [3.8, 4) is 0 Å². The number of carboxylic acid groups (broad SMARTS) is 1. The molecule has 13 heteroatoms. The van der Waals surface area contributed by atoms with Crippen LogP contribution in [0.25, 0.3) is 0 Å². The fraction of sp³-hybridized carbons (Fsp3) is 0.273. The van der Waals surface area contributed by atoms with Crippen LogP contribution in [0.1, 0.15) is 5.56 Å². The van der Waals surface area contributed by atoms with E-state index in [0.29, 0.717) is 6.07 Å². The minimum atomic E-state index is -5.33. The molecule has 0 saturated carbocycles. The zero-order valence-electron chi connectivity index (χ0n) is 11.4. The molecule has 0 aliphatic carbocycles. The number of carbonyl (C=O) groups excluding carboxylic acids is 1. The number of carbonyl (C=O) groups is 2. The summed E-state index contributed by atoms with van der Waals surface area (Å²) < 4.78 is 36.5. The molecular formula is C11H8F3N3O7. The number of hydrogen-bond donors (Lipinski definition) is 2. The Morgan fingerprint density at radius 2 is 1.58 bits per heavy atom. The molecule has 0 bridgehead atoms. The van der Waals surface area contributed by atoms with E-state index in [-0.39, 0.29) is 5.56 Å². The van der Waals surface area contributed by atoms with Crippen molar-refractivity contribution in [2.75, 3.05) is 0 Å². The van der Waals surface area contributed by atoms with Crippen molar-refractivity contribution in [1.82, 2.24) is 5.32 Å². The molecule has 0 saturated heterocycles. The SMILES string of the molecule is O=C(O)C(Cc1cc([N+](=O)[O-])cc([N+](=O)[O-])c1)NC(=O)C(F)(F)F. The third-order valence-corrected chi connectivity index (χ3v) is 2.68. The first-order chi connectivity index (χ1) is 10.9. The van der Waals surface area contributed by atoms with Crippen molar-refractivity contribution < 1.29 is 37.7 Å². The number of non-ortho nitro benzene ring substituents is 2. The molecule has 0 aromatic heterocycles. The molecule has 0 aliphatic heterocycles. The van der Waals surface area contributed by atoms with Gasteiger partial charge in [-0.25, -0.2) is 4.79 Å². The number of rotatable bonds is 6. The van der Waals surface area contributed by atoms with E-state index in [2.05, 4.69) is 0 Å². The van der Waals surface area contributed by atoms with Crippen molar-refractivity contribution in [3.63, 3.8) is 0 Å². The molecule has 1 rings (SSSR count). The highest BCUT2D eigenvalue weighted by Crippen LogP contribution is 2.24. The van der Waals surface area contributed by atoms with Crippen molar-refractivity contribution in [3.05, 3.63) is 44.0 Å². The Balaban J connectivity index is 3.14. The number of alkyl halides is 3. The summed E-state index contributed by atoms with van der Waals surface area (Å²) in [5, 5.41) is 31.5. The van der Waals surface area contributed by atoms with Crippen LogP contribution in [-0.4, -0.2) is 39.0 Å². The number of nitrogens with one attached hydrogen (secondary N) is 1. The van der Waals surface area contributed by atoms with E-state index in [1.54, 1.807) is 0 Å². The van der Waals surface area contributed by atoms with Crippen LogP contribution < -0.4 is 5.32 Å². The molecular weight excluding hydrogens is 343 g/mol. The monoisotopic (exact) mass is 351 g/mol. The molecule has 0 fully saturated rings. The summed E-state index contributed by atoms with van der Waals surface area (Å²) in [4.78, 5) is 41.2. The second-order valence-corrected chi connectivity index (χ2v) is 4.44. The number of amides is 1. The van der Waals surface area contributed by atoms with Crippen LogP contribution in [0.4, 0.5) is 24.5 Å². The largest absolute Gasteiger partial charge is 0.480 e. The van der Waals surface area contributed by atoms with Crippen molar-refractivity contribution in [2.24, 2.45) is 0 Å². The highest BCUT2D eigenvalue weighted by molar-refractivity contribution is 5.87. The second-order valence-electron chi connectivity index (χ2n) is 4.44. The molecule has 0 aliphatic rings. The highest BCUT2D eigenvalue weighted by Gasteiger charge is 2.41. The first-order valence-electron chi connectivity index (χ1n) is 5.95. The number of nitrogens with zero attached hydrogens (tertiary/aromatic N) is 2. The Morgan fingerprint density at radius 1 is 1.12 bits per heavy atom. The zero-order valence-corrected chi connectivity index (χ0v) is 11.4. The number of nitro benzene ring substituents is 2. The number of nitro groups is 2. The summed E-state index contributed by atoms with van der Waals surface area (Å²) in [5.41, 5.74) is -1.79. The molecule has 0 heterocycles. The van der Waals surface area contributed by atoms with Gasteiger partial charge in [0.1, 0.15) is 6.04 Å². The Hall–Kier alpha value is -3.25. The van der Waals surface area contributed by atoms with Gasteiger partial charge in [-0.05, 0) is 5.56 Å². The van der Waals surface area contributed by atoms with Crippen molar-refractivity contribution in [2.45, 2.75) is 18.6 Å². The second kappa shape index (κ2) is 6.89. The van der Waals surface area contributed by atoms with Crippen molar-refractivity contribution in [1.29, 1.82) is 0 Å². The molecule has 1 aromatic carbocycles. The van der Waals surface area contributed by atoms with E-state index >= 15 is 0 Å². The van der Waals surface area contributed by atoms with Gasteiger partial charge in [-0.1, -0.05) is 0 Å². The normalized spacial score (nSPS) is 12.3. The van der Waals surface area contributed by atoms with E-state index in [1.807, 2.05) is 0 Å². The molecule has 1 atom stereocenters. The van der Waals surface area contributed by atoms with Gasteiger partial charge in [0.05, 0.1) is 15.9 Å². The number of halogens is 3. The van der Waals surface area contributed by atoms with Crippen LogP contribution in [0.3, 0.4) is 0 Å². The zero-order chi connectivity index (χ0) is 18.7. The van der Waals surface area contributed by atoms with Gasteiger partial charge in [-0.2, -0.15) is 13.2 Å². The topological polar surface area (TPSA) is 153 Å². The van der Waals surface area contributed by atoms with E-state index in [0.717, 1.165) is 12.1 Å². The maximum atomic E-state index is 12.2. The Kier molecular flexibility index (Phi) is 5.39. The Labute approximate surface area is 130 Å². The molecule has 1 aromatic rings. The van der Waals surface area contributed by atoms with Crippen LogP contribution in [0, 0.1) is 20.2 Å². The summed E-state index contributed by atoms with van der Waals surface area (Å²) in [6.45, 7) is 0. The summed E-state index contributed by atoms with van der Waals surface area (Å²) >= 11 is 0. The van der Waals surface area contributed by atoms with Gasteiger partial charge in [0, 0.05) is 18.6 Å². The van der Waals surface area contributed by atoms with Crippen LogP contribution >= 0.6 is 0 Å². The van der Waals surface area contributed by atoms with E-state index in [4.69, 9.17) is 5.11 Å². The molecule has 0 spiro atoms. The minimum absolute atomic E-state index is 0.300. The third-order valence-electron chi connectivity index (χ3n) is 2.68. The lowest BCUT2D eigenvalue weighted by Gasteiger charge is -2.15. The van der Waals surface area contributed by atoms with Gasteiger partial charge in [0.15, 0.2) is 0 Å². The predicted octanol–water partition coefficient (Wildman–Crippen LogP) is 1.18. The number of benzene rings is 1. The first kappa shape index (κ1) is 18.8. The maximum Gasteiger partial charge on any atom is 0.471 e. The van der Waals surface area contributed by atoms with Gasteiger partial charge >= 0.3 is 18.1 Å². The summed E-state index contributed by atoms with van der Waals surface area (Å²) in [6, 6.07) is 0.0552. The van der Waals surface area contributed by atoms with E-state index < -0.39 is 51.7 Å². The van der Waals surface area contributed by atoms with Crippen LogP contribution in [0.15, 0.2) is 18.2 Å². The molecule has 10 nitrogen and oxygen atoms in total. The van der Waals surface area contributed by atoms with Gasteiger partial charge < -0.3 is 10.4 Å². The highest BCUT2D eigenvalue weighted by atomic mass is 19.4. The lowest BCUT2D eigenvalue weighted by atomic mass is 10.0. The molecule has 24 heavy (non-hydrogen) atoms. The smallest absolute Gasteiger partial charge is 0.471 e.